The molecule has 1 aliphatic rings. The summed E-state index contributed by atoms with van der Waals surface area (Å²) in [7, 11) is -1.63. The molecule has 120 valence electrons. The van der Waals surface area contributed by atoms with Crippen LogP contribution in [-0.4, -0.2) is 49.2 Å². The van der Waals surface area contributed by atoms with E-state index in [2.05, 4.69) is 6.92 Å². The predicted molar refractivity (Wildman–Crippen MR) is 83.7 cm³/mol. The highest BCUT2D eigenvalue weighted by molar-refractivity contribution is 7.86. The first-order chi connectivity index (χ1) is 9.43. The van der Waals surface area contributed by atoms with Gasteiger partial charge in [-0.2, -0.15) is 17.0 Å². The molecule has 2 N–H and O–H groups in total. The molecule has 0 amide bonds. The average molecular weight is 305 g/mol. The first-order valence-electron chi connectivity index (χ1n) is 7.92. The number of rotatable bonds is 8. The molecule has 1 aliphatic carbocycles. The van der Waals surface area contributed by atoms with E-state index in [1.54, 1.807) is 11.4 Å². The molecular weight excluding hydrogens is 274 g/mol. The summed E-state index contributed by atoms with van der Waals surface area (Å²) in [5, 5.41) is 0. The highest BCUT2D eigenvalue weighted by Gasteiger charge is 2.34. The minimum Gasteiger partial charge on any atom is -0.328 e. The highest BCUT2D eigenvalue weighted by atomic mass is 32.2. The van der Waals surface area contributed by atoms with Crippen LogP contribution in [0.3, 0.4) is 0 Å². The van der Waals surface area contributed by atoms with Crippen LogP contribution in [0.4, 0.5) is 0 Å². The van der Waals surface area contributed by atoms with Crippen LogP contribution in [0.5, 0.6) is 0 Å². The summed E-state index contributed by atoms with van der Waals surface area (Å²) in [4.78, 5) is 0. The average Bonchev–Trinajstić information content (AvgIpc) is 2.43. The molecule has 1 rings (SSSR count). The van der Waals surface area contributed by atoms with Crippen molar-refractivity contribution in [1.82, 2.24) is 8.61 Å². The zero-order chi connectivity index (χ0) is 15.2. The van der Waals surface area contributed by atoms with Gasteiger partial charge in [0.05, 0.1) is 0 Å². The first kappa shape index (κ1) is 17.9. The highest BCUT2D eigenvalue weighted by Crippen LogP contribution is 2.25. The van der Waals surface area contributed by atoms with Crippen LogP contribution in [0.15, 0.2) is 0 Å². The van der Waals surface area contributed by atoms with Gasteiger partial charge in [-0.25, -0.2) is 0 Å². The maximum atomic E-state index is 12.7. The smallest absolute Gasteiger partial charge is 0.281 e. The Bertz CT molecular complexity index is 365. The zero-order valence-corrected chi connectivity index (χ0v) is 14.0. The van der Waals surface area contributed by atoms with Gasteiger partial charge in [0.1, 0.15) is 0 Å². The molecule has 0 aliphatic heterocycles. The van der Waals surface area contributed by atoms with Crippen molar-refractivity contribution in [3.8, 4) is 0 Å². The molecule has 5 nitrogen and oxygen atoms in total. The van der Waals surface area contributed by atoms with E-state index in [9.17, 15) is 8.42 Å². The summed E-state index contributed by atoms with van der Waals surface area (Å²) in [6, 6.07) is 0.374. The summed E-state index contributed by atoms with van der Waals surface area (Å²) in [6.07, 6.45) is 6.41. The van der Waals surface area contributed by atoms with Crippen molar-refractivity contribution in [1.29, 1.82) is 0 Å². The lowest BCUT2D eigenvalue weighted by Gasteiger charge is -2.37. The van der Waals surface area contributed by atoms with E-state index in [-0.39, 0.29) is 12.1 Å². The minimum atomic E-state index is -3.33. The molecule has 20 heavy (non-hydrogen) atoms. The van der Waals surface area contributed by atoms with Gasteiger partial charge in [-0.1, -0.05) is 20.3 Å². The van der Waals surface area contributed by atoms with Crippen LogP contribution in [0, 0.1) is 0 Å². The maximum absolute atomic E-state index is 12.7. The third-order valence-electron chi connectivity index (χ3n) is 4.11. The van der Waals surface area contributed by atoms with E-state index in [1.807, 2.05) is 6.92 Å². The Morgan fingerprint density at radius 2 is 1.65 bits per heavy atom. The van der Waals surface area contributed by atoms with E-state index >= 15 is 0 Å². The molecule has 1 saturated carbocycles. The Hall–Kier alpha value is -0.170. The molecule has 0 saturated heterocycles. The minimum absolute atomic E-state index is 0.129. The fraction of sp³-hybridized carbons (Fsp3) is 1.00. The standard InChI is InChI=1S/C14H31N3O2S/c1-4-6-12-16(3)20(18,19)17(11-5-2)14-9-7-13(15)8-10-14/h13-14H,4-12,15H2,1-3H3. The lowest BCUT2D eigenvalue weighted by Crippen LogP contribution is -2.49. The third kappa shape index (κ3) is 4.69. The van der Waals surface area contributed by atoms with Crippen molar-refractivity contribution < 1.29 is 8.42 Å². The second-order valence-electron chi connectivity index (χ2n) is 5.86. The monoisotopic (exact) mass is 305 g/mol. The van der Waals surface area contributed by atoms with Crippen LogP contribution >= 0.6 is 0 Å². The summed E-state index contributed by atoms with van der Waals surface area (Å²) in [5.74, 6) is 0. The zero-order valence-electron chi connectivity index (χ0n) is 13.2. The van der Waals surface area contributed by atoms with Crippen LogP contribution in [0.2, 0.25) is 0 Å². The summed E-state index contributed by atoms with van der Waals surface area (Å²) < 4.78 is 28.7. The van der Waals surface area contributed by atoms with Gasteiger partial charge in [-0.3, -0.25) is 0 Å². The Balaban J connectivity index is 2.77. The van der Waals surface area contributed by atoms with Crippen molar-refractivity contribution in [3.05, 3.63) is 0 Å². The van der Waals surface area contributed by atoms with Gasteiger partial charge in [-0.15, -0.1) is 0 Å². The summed E-state index contributed by atoms with van der Waals surface area (Å²) in [5.41, 5.74) is 5.93. The molecule has 0 radical (unpaired) electrons. The Kier molecular flexibility index (Phi) is 7.43. The molecule has 0 aromatic rings. The molecule has 0 spiro atoms. The van der Waals surface area contributed by atoms with E-state index in [0.717, 1.165) is 44.9 Å². The molecular formula is C14H31N3O2S. The predicted octanol–water partition coefficient (Wildman–Crippen LogP) is 1.94. The Labute approximate surface area is 124 Å². The molecule has 0 atom stereocenters. The van der Waals surface area contributed by atoms with E-state index < -0.39 is 10.2 Å². The van der Waals surface area contributed by atoms with Crippen LogP contribution < -0.4 is 5.73 Å². The van der Waals surface area contributed by atoms with E-state index in [1.165, 1.54) is 4.31 Å². The largest absolute Gasteiger partial charge is 0.328 e. The van der Waals surface area contributed by atoms with Crippen LogP contribution in [0.1, 0.15) is 58.8 Å². The lowest BCUT2D eigenvalue weighted by atomic mass is 9.92. The number of nitrogens with two attached hydrogens (primary N) is 1. The van der Waals surface area contributed by atoms with Gasteiger partial charge in [0, 0.05) is 32.2 Å². The van der Waals surface area contributed by atoms with Crippen LogP contribution in [-0.2, 0) is 10.2 Å². The second-order valence-corrected chi connectivity index (χ2v) is 7.85. The van der Waals surface area contributed by atoms with Crippen molar-refractivity contribution >= 4 is 10.2 Å². The molecule has 0 heterocycles. The van der Waals surface area contributed by atoms with Crippen molar-refractivity contribution in [2.75, 3.05) is 20.1 Å². The van der Waals surface area contributed by atoms with E-state index in [4.69, 9.17) is 5.73 Å². The molecule has 1 fully saturated rings. The Morgan fingerprint density at radius 3 is 2.15 bits per heavy atom. The van der Waals surface area contributed by atoms with Gasteiger partial charge in [0.25, 0.3) is 10.2 Å². The van der Waals surface area contributed by atoms with Crippen molar-refractivity contribution in [2.24, 2.45) is 5.73 Å². The van der Waals surface area contributed by atoms with Crippen LogP contribution in [0.25, 0.3) is 0 Å². The molecule has 0 aromatic carbocycles. The fourth-order valence-electron chi connectivity index (χ4n) is 2.77. The normalized spacial score (nSPS) is 24.5. The third-order valence-corrected chi connectivity index (χ3v) is 6.15. The number of hydrogen-bond donors (Lipinski definition) is 1. The van der Waals surface area contributed by atoms with Crippen molar-refractivity contribution in [3.63, 3.8) is 0 Å². The summed E-state index contributed by atoms with van der Waals surface area (Å²) in [6.45, 7) is 5.32. The van der Waals surface area contributed by atoms with Gasteiger partial charge < -0.3 is 5.73 Å². The second kappa shape index (κ2) is 8.32. The SMILES string of the molecule is CCCCN(C)S(=O)(=O)N(CCC)C1CCC(N)CC1. The van der Waals surface area contributed by atoms with Gasteiger partial charge >= 0.3 is 0 Å². The lowest BCUT2D eigenvalue weighted by molar-refractivity contribution is 0.227. The van der Waals surface area contributed by atoms with Gasteiger partial charge in [0.2, 0.25) is 0 Å². The molecule has 0 unspecified atom stereocenters. The van der Waals surface area contributed by atoms with Gasteiger partial charge in [0.15, 0.2) is 0 Å². The number of hydrogen-bond acceptors (Lipinski definition) is 3. The van der Waals surface area contributed by atoms with Gasteiger partial charge in [-0.05, 0) is 38.5 Å². The Morgan fingerprint density at radius 1 is 1.05 bits per heavy atom. The van der Waals surface area contributed by atoms with E-state index in [0.29, 0.717) is 13.1 Å². The molecule has 0 bridgehead atoms. The first-order valence-corrected chi connectivity index (χ1v) is 9.31. The topological polar surface area (TPSA) is 66.6 Å². The number of nitrogens with zero attached hydrogens (tertiary/aromatic N) is 2. The maximum Gasteiger partial charge on any atom is 0.281 e. The molecule has 0 aromatic heterocycles. The summed E-state index contributed by atoms with van der Waals surface area (Å²) >= 11 is 0. The number of unbranched alkanes of at least 4 members (excludes halogenated alkanes) is 1. The molecule has 6 heteroatoms. The fourth-order valence-corrected chi connectivity index (χ4v) is 4.49. The quantitative estimate of drug-likeness (QED) is 0.745. The van der Waals surface area contributed by atoms with Crippen molar-refractivity contribution in [2.45, 2.75) is 70.9 Å².